The van der Waals surface area contributed by atoms with Crippen LogP contribution in [0.2, 0.25) is 0 Å². The van der Waals surface area contributed by atoms with E-state index in [1.165, 1.54) is 35.0 Å². The van der Waals surface area contributed by atoms with E-state index in [2.05, 4.69) is 66.6 Å². The number of hydrogen-bond donors (Lipinski definition) is 1. The van der Waals surface area contributed by atoms with Gasteiger partial charge in [-0.25, -0.2) is 0 Å². The van der Waals surface area contributed by atoms with Crippen LogP contribution in [-0.2, 0) is 24.2 Å². The number of amides is 1. The number of aromatic nitrogens is 3. The van der Waals surface area contributed by atoms with Gasteiger partial charge in [-0.1, -0.05) is 62.7 Å². The molecule has 1 amide bonds. The number of fused-ring (bicyclic) bond motifs is 1. The van der Waals surface area contributed by atoms with Crippen molar-refractivity contribution in [2.24, 2.45) is 0 Å². The zero-order valence-electron chi connectivity index (χ0n) is 20.1. The number of hydrogen-bond acceptors (Lipinski definition) is 6. The summed E-state index contributed by atoms with van der Waals surface area (Å²) in [5, 5.41) is 22.9. The average Bonchev–Trinajstić information content (AvgIpc) is 3.37. The summed E-state index contributed by atoms with van der Waals surface area (Å²) in [6, 6.07) is 10.8. The molecule has 1 N–H and O–H groups in total. The van der Waals surface area contributed by atoms with Crippen LogP contribution in [0.5, 0.6) is 0 Å². The van der Waals surface area contributed by atoms with E-state index in [1.54, 1.807) is 11.3 Å². The molecule has 0 saturated carbocycles. The Morgan fingerprint density at radius 3 is 2.59 bits per heavy atom. The first-order valence-corrected chi connectivity index (χ1v) is 13.8. The van der Waals surface area contributed by atoms with Crippen molar-refractivity contribution in [3.63, 3.8) is 0 Å². The molecular weight excluding hydrogens is 462 g/mol. The first kappa shape index (κ1) is 24.5. The van der Waals surface area contributed by atoms with Gasteiger partial charge in [0.15, 0.2) is 11.0 Å². The molecule has 0 fully saturated rings. The SMILES string of the molecule is CCn1c(SCC(=O)Nc2sc3c(c2C#N)CCCCCC3)nnc1-c1ccc(C(C)C)cc1. The van der Waals surface area contributed by atoms with E-state index in [9.17, 15) is 10.1 Å². The molecule has 3 aromatic rings. The largest absolute Gasteiger partial charge is 0.316 e. The van der Waals surface area contributed by atoms with E-state index in [4.69, 9.17) is 0 Å². The molecule has 1 aromatic carbocycles. The summed E-state index contributed by atoms with van der Waals surface area (Å²) in [6.45, 7) is 7.13. The minimum absolute atomic E-state index is 0.121. The van der Waals surface area contributed by atoms with Gasteiger partial charge in [-0.05, 0) is 49.7 Å². The molecule has 4 rings (SSSR count). The third-order valence-corrected chi connectivity index (χ3v) is 8.41. The van der Waals surface area contributed by atoms with Crippen LogP contribution in [0, 0.1) is 11.3 Å². The number of benzene rings is 1. The van der Waals surface area contributed by atoms with Gasteiger partial charge in [-0.2, -0.15) is 5.26 Å². The van der Waals surface area contributed by atoms with Gasteiger partial charge in [0.25, 0.3) is 0 Å². The van der Waals surface area contributed by atoms with Crippen molar-refractivity contribution in [3.8, 4) is 17.5 Å². The number of aryl methyl sites for hydroxylation is 1. The van der Waals surface area contributed by atoms with E-state index in [0.717, 1.165) is 47.8 Å². The number of nitrogens with zero attached hydrogens (tertiary/aromatic N) is 4. The van der Waals surface area contributed by atoms with E-state index >= 15 is 0 Å². The number of nitriles is 1. The second-order valence-corrected chi connectivity index (χ2v) is 10.9. The molecule has 34 heavy (non-hydrogen) atoms. The minimum Gasteiger partial charge on any atom is -0.316 e. The highest BCUT2D eigenvalue weighted by Gasteiger charge is 2.21. The molecule has 1 aliphatic rings. The Labute approximate surface area is 209 Å². The van der Waals surface area contributed by atoms with Crippen molar-refractivity contribution in [2.75, 3.05) is 11.1 Å². The monoisotopic (exact) mass is 493 g/mol. The maximum absolute atomic E-state index is 12.8. The van der Waals surface area contributed by atoms with Crippen molar-refractivity contribution in [3.05, 3.63) is 45.8 Å². The summed E-state index contributed by atoms with van der Waals surface area (Å²) < 4.78 is 2.04. The maximum Gasteiger partial charge on any atom is 0.235 e. The third kappa shape index (κ3) is 5.37. The van der Waals surface area contributed by atoms with Gasteiger partial charge in [0.2, 0.25) is 5.91 Å². The van der Waals surface area contributed by atoms with Crippen LogP contribution in [0.3, 0.4) is 0 Å². The highest BCUT2D eigenvalue weighted by atomic mass is 32.2. The lowest BCUT2D eigenvalue weighted by Gasteiger charge is -2.09. The topological polar surface area (TPSA) is 83.6 Å². The third-order valence-electron chi connectivity index (χ3n) is 6.24. The van der Waals surface area contributed by atoms with E-state index in [1.807, 2.05) is 4.57 Å². The van der Waals surface area contributed by atoms with E-state index in [0.29, 0.717) is 23.0 Å². The molecule has 2 aromatic heterocycles. The Morgan fingerprint density at radius 2 is 1.91 bits per heavy atom. The smallest absolute Gasteiger partial charge is 0.235 e. The molecule has 0 spiro atoms. The van der Waals surface area contributed by atoms with Gasteiger partial charge < -0.3 is 9.88 Å². The number of nitrogens with one attached hydrogen (secondary N) is 1. The van der Waals surface area contributed by atoms with Crippen LogP contribution in [0.1, 0.15) is 73.9 Å². The Morgan fingerprint density at radius 1 is 1.18 bits per heavy atom. The van der Waals surface area contributed by atoms with Crippen LogP contribution < -0.4 is 5.32 Å². The fourth-order valence-corrected chi connectivity index (χ4v) is 6.39. The van der Waals surface area contributed by atoms with Gasteiger partial charge in [0, 0.05) is 17.0 Å². The second kappa shape index (κ2) is 11.2. The predicted octanol–water partition coefficient (Wildman–Crippen LogP) is 6.41. The molecule has 0 saturated heterocycles. The zero-order chi connectivity index (χ0) is 24.1. The second-order valence-electron chi connectivity index (χ2n) is 8.90. The van der Waals surface area contributed by atoms with Crippen LogP contribution in [0.4, 0.5) is 5.00 Å². The molecule has 0 atom stereocenters. The van der Waals surface area contributed by atoms with Gasteiger partial charge >= 0.3 is 0 Å². The van der Waals surface area contributed by atoms with Crippen LogP contribution in [0.25, 0.3) is 11.4 Å². The summed E-state index contributed by atoms with van der Waals surface area (Å²) in [5.74, 6) is 1.39. The summed E-state index contributed by atoms with van der Waals surface area (Å²) in [4.78, 5) is 14.1. The van der Waals surface area contributed by atoms with Crippen molar-refractivity contribution in [1.29, 1.82) is 5.26 Å². The van der Waals surface area contributed by atoms with E-state index in [-0.39, 0.29) is 11.7 Å². The number of thiophene rings is 1. The summed E-state index contributed by atoms with van der Waals surface area (Å²) in [7, 11) is 0. The van der Waals surface area contributed by atoms with Crippen molar-refractivity contribution in [1.82, 2.24) is 14.8 Å². The fourth-order valence-electron chi connectivity index (χ4n) is 4.33. The standard InChI is InChI=1S/C26H31N5OS2/c1-4-31-24(19-13-11-18(12-14-19)17(2)3)29-30-26(31)33-16-23(32)28-25-21(15-27)20-9-7-5-6-8-10-22(20)34-25/h11-14,17H,4-10,16H2,1-3H3,(H,28,32). The summed E-state index contributed by atoms with van der Waals surface area (Å²) in [5.41, 5.74) is 4.11. The molecule has 178 valence electrons. The van der Waals surface area contributed by atoms with Crippen LogP contribution >= 0.6 is 23.1 Å². The fraction of sp³-hybridized carbons (Fsp3) is 0.462. The van der Waals surface area contributed by atoms with E-state index < -0.39 is 0 Å². The van der Waals surface area contributed by atoms with Gasteiger partial charge in [0.05, 0.1) is 11.3 Å². The number of thioether (sulfide) groups is 1. The molecule has 2 heterocycles. The lowest BCUT2D eigenvalue weighted by Crippen LogP contribution is -2.14. The molecule has 0 radical (unpaired) electrons. The molecule has 8 heteroatoms. The predicted molar refractivity (Wildman–Crippen MR) is 139 cm³/mol. The minimum atomic E-state index is -0.121. The van der Waals surface area contributed by atoms with Crippen molar-refractivity contribution < 1.29 is 4.79 Å². The molecule has 0 aliphatic heterocycles. The molecule has 1 aliphatic carbocycles. The number of rotatable bonds is 7. The Hall–Kier alpha value is -2.63. The summed E-state index contributed by atoms with van der Waals surface area (Å²) in [6.07, 6.45) is 6.63. The highest BCUT2D eigenvalue weighted by molar-refractivity contribution is 7.99. The quantitative estimate of drug-likeness (QED) is 0.384. The first-order valence-electron chi connectivity index (χ1n) is 12.0. The normalized spacial score (nSPS) is 13.7. The Balaban J connectivity index is 1.45. The molecular formula is C26H31N5OS2. The van der Waals surface area contributed by atoms with Crippen molar-refractivity contribution >= 4 is 34.0 Å². The molecule has 0 unspecified atom stereocenters. The van der Waals surface area contributed by atoms with Crippen LogP contribution in [-0.4, -0.2) is 26.4 Å². The maximum atomic E-state index is 12.8. The average molecular weight is 494 g/mol. The Bertz CT molecular complexity index is 1190. The van der Waals surface area contributed by atoms with Gasteiger partial charge in [-0.15, -0.1) is 21.5 Å². The number of carbonyl (C=O) groups is 1. The number of carbonyl (C=O) groups excluding carboxylic acids is 1. The lowest BCUT2D eigenvalue weighted by atomic mass is 9.97. The van der Waals surface area contributed by atoms with Crippen LogP contribution in [0.15, 0.2) is 29.4 Å². The zero-order valence-corrected chi connectivity index (χ0v) is 21.7. The lowest BCUT2D eigenvalue weighted by molar-refractivity contribution is -0.113. The van der Waals surface area contributed by atoms with Gasteiger partial charge in [0.1, 0.15) is 11.1 Å². The molecule has 6 nitrogen and oxygen atoms in total. The first-order chi connectivity index (χ1) is 16.5. The highest BCUT2D eigenvalue weighted by Crippen LogP contribution is 2.36. The van der Waals surface area contributed by atoms with Gasteiger partial charge in [-0.3, -0.25) is 4.79 Å². The summed E-state index contributed by atoms with van der Waals surface area (Å²) >= 11 is 2.95. The Kier molecular flexibility index (Phi) is 8.07. The molecule has 0 bridgehead atoms. The number of anilines is 1. The van der Waals surface area contributed by atoms with Crippen molar-refractivity contribution in [2.45, 2.75) is 76.9 Å².